The van der Waals surface area contributed by atoms with E-state index in [0.717, 1.165) is 0 Å². The van der Waals surface area contributed by atoms with Crippen molar-refractivity contribution in [3.8, 4) is 66.8 Å². The van der Waals surface area contributed by atoms with Gasteiger partial charge in [-0.05, 0) is 174 Å². The molecule has 0 fully saturated rings. The highest BCUT2D eigenvalue weighted by Gasteiger charge is 2.52. The molecule has 0 heterocycles. The average Bonchev–Trinajstić information content (AvgIpc) is 3.94. The second-order valence-corrected chi connectivity index (χ2v) is 19.9. The van der Waals surface area contributed by atoms with Crippen LogP contribution in [0.3, 0.4) is 0 Å². The van der Waals surface area contributed by atoms with Gasteiger partial charge >= 0.3 is 0 Å². The van der Waals surface area contributed by atoms with Gasteiger partial charge in [0.25, 0.3) is 0 Å². The number of benzene rings is 12. The third-order valence-corrected chi connectivity index (χ3v) is 16.2. The molecule has 12 aromatic rings. The Morgan fingerprint density at radius 2 is 0.735 bits per heavy atom. The molecule has 1 spiro atoms. The van der Waals surface area contributed by atoms with Crippen LogP contribution in [0.1, 0.15) is 47.2 Å². The number of hydrogen-bond acceptors (Lipinski definition) is 0. The summed E-state index contributed by atoms with van der Waals surface area (Å²) in [6.45, 7) is 4.75. The van der Waals surface area contributed by atoms with Gasteiger partial charge in [-0.15, -0.1) is 0 Å². The van der Waals surface area contributed by atoms with Crippen LogP contribution in [0.25, 0.3) is 110 Å². The van der Waals surface area contributed by atoms with Crippen LogP contribution in [0.15, 0.2) is 231 Å². The lowest BCUT2D eigenvalue weighted by atomic mass is 9.69. The van der Waals surface area contributed by atoms with E-state index in [-0.39, 0.29) is 5.41 Å². The Bertz CT molecular complexity index is 4080. The molecule has 3 aliphatic rings. The van der Waals surface area contributed by atoms with E-state index in [4.69, 9.17) is 0 Å². The fourth-order valence-electron chi connectivity index (χ4n) is 13.3. The quantitative estimate of drug-likeness (QED) is 0.155. The van der Waals surface area contributed by atoms with E-state index >= 15 is 0 Å². The van der Waals surface area contributed by atoms with Gasteiger partial charge in [-0.25, -0.2) is 0 Å². The Balaban J connectivity index is 0.906. The molecule has 0 heteroatoms. The first kappa shape index (κ1) is 37.9. The minimum atomic E-state index is -0.432. The first-order valence-electron chi connectivity index (χ1n) is 24.1. The zero-order chi connectivity index (χ0) is 44.9. The molecule has 0 unspecified atom stereocenters. The molecule has 0 bridgehead atoms. The van der Waals surface area contributed by atoms with Crippen molar-refractivity contribution in [2.75, 3.05) is 0 Å². The van der Waals surface area contributed by atoms with Crippen LogP contribution in [-0.4, -0.2) is 0 Å². The molecular weight excluding hydrogens is 817 g/mol. The fourth-order valence-corrected chi connectivity index (χ4v) is 13.3. The van der Waals surface area contributed by atoms with Crippen LogP contribution in [-0.2, 0) is 10.8 Å². The van der Waals surface area contributed by atoms with E-state index in [9.17, 15) is 0 Å². The average molecular weight is 861 g/mol. The summed E-state index contributed by atoms with van der Waals surface area (Å²) in [7, 11) is 0. The van der Waals surface area contributed by atoms with Crippen molar-refractivity contribution in [2.45, 2.75) is 24.7 Å². The molecule has 0 atom stereocenters. The Kier molecular flexibility index (Phi) is 7.59. The minimum Gasteiger partial charge on any atom is -0.0619 e. The third kappa shape index (κ3) is 4.89. The fraction of sp³-hybridized carbons (Fsp3) is 0.0588. The molecule has 0 aromatic heterocycles. The monoisotopic (exact) mass is 860 g/mol. The van der Waals surface area contributed by atoms with Gasteiger partial charge in [0.15, 0.2) is 0 Å². The van der Waals surface area contributed by atoms with Gasteiger partial charge in [0.2, 0.25) is 0 Å². The Hall–Kier alpha value is -8.32. The molecule has 3 aliphatic carbocycles. The van der Waals surface area contributed by atoms with Crippen LogP contribution in [0.5, 0.6) is 0 Å². The molecule has 12 aromatic carbocycles. The number of hydrogen-bond donors (Lipinski definition) is 0. The van der Waals surface area contributed by atoms with Crippen molar-refractivity contribution in [1.29, 1.82) is 0 Å². The lowest BCUT2D eigenvalue weighted by Gasteiger charge is -2.31. The Morgan fingerprint density at radius 1 is 0.250 bits per heavy atom. The van der Waals surface area contributed by atoms with Gasteiger partial charge < -0.3 is 0 Å². The molecule has 0 aliphatic heterocycles. The van der Waals surface area contributed by atoms with E-state index in [1.807, 2.05) is 0 Å². The number of rotatable bonds is 3. The lowest BCUT2D eigenvalue weighted by Crippen LogP contribution is -2.26. The molecule has 68 heavy (non-hydrogen) atoms. The molecule has 316 valence electrons. The van der Waals surface area contributed by atoms with E-state index in [1.165, 1.54) is 143 Å². The maximum absolute atomic E-state index is 2.49. The Morgan fingerprint density at radius 3 is 1.40 bits per heavy atom. The van der Waals surface area contributed by atoms with Crippen molar-refractivity contribution in [3.63, 3.8) is 0 Å². The Labute approximate surface area is 396 Å². The highest BCUT2D eigenvalue weighted by molar-refractivity contribution is 6.21. The summed E-state index contributed by atoms with van der Waals surface area (Å²) in [5.41, 5.74) is 23.3. The van der Waals surface area contributed by atoms with Gasteiger partial charge in [0.1, 0.15) is 0 Å². The topological polar surface area (TPSA) is 0 Å². The van der Waals surface area contributed by atoms with Crippen LogP contribution in [0, 0.1) is 0 Å². The summed E-state index contributed by atoms with van der Waals surface area (Å²) in [6.07, 6.45) is 0. The standard InChI is InChI=1S/C68H44/c1-67(2)59-27-12-9-20-49(59)52-34-32-47(40-62(52)67)65-55-25-7-5-23-53(55)64(54-24-6-8-26-56(54)65)46-19-15-18-41(37-46)44-30-33-48-45(36-44)31-35-57-58-38-42-16-3-4-17-43(42)39-63(58)68(66(48)57)60-28-13-10-21-50(60)51-22-11-14-29-61(51)68/h3-40H,1-2H3. The second kappa shape index (κ2) is 13.6. The summed E-state index contributed by atoms with van der Waals surface area (Å²) < 4.78 is 0. The van der Waals surface area contributed by atoms with E-state index < -0.39 is 5.41 Å². The zero-order valence-electron chi connectivity index (χ0n) is 37.9. The van der Waals surface area contributed by atoms with Gasteiger partial charge in [0, 0.05) is 5.41 Å². The summed E-state index contributed by atoms with van der Waals surface area (Å²) in [5, 5.41) is 10.2. The maximum Gasteiger partial charge on any atom is 0.0731 e. The van der Waals surface area contributed by atoms with Crippen molar-refractivity contribution in [1.82, 2.24) is 0 Å². The third-order valence-electron chi connectivity index (χ3n) is 16.2. The highest BCUT2D eigenvalue weighted by Crippen LogP contribution is 2.64. The normalized spacial score (nSPS) is 14.3. The summed E-state index contributed by atoms with van der Waals surface area (Å²) in [4.78, 5) is 0. The zero-order valence-corrected chi connectivity index (χ0v) is 37.9. The largest absolute Gasteiger partial charge is 0.0731 e. The minimum absolute atomic E-state index is 0.0777. The van der Waals surface area contributed by atoms with Gasteiger partial charge in [-0.2, -0.15) is 0 Å². The predicted molar refractivity (Wildman–Crippen MR) is 287 cm³/mol. The SMILES string of the molecule is CC1(C)c2ccccc2-c2ccc(-c3c4ccccc4c(-c4cccc(-c5ccc6c7c(ccc6c5)-c5cc6ccccc6cc5C75c6ccccc6-c6ccccc65)c4)c4ccccc34)cc21. The molecule has 0 saturated carbocycles. The molecule has 0 N–H and O–H groups in total. The van der Waals surface area contributed by atoms with Crippen molar-refractivity contribution in [3.05, 3.63) is 264 Å². The smallest absolute Gasteiger partial charge is 0.0619 e. The van der Waals surface area contributed by atoms with Crippen LogP contribution in [0.2, 0.25) is 0 Å². The van der Waals surface area contributed by atoms with Crippen LogP contribution >= 0.6 is 0 Å². The summed E-state index contributed by atoms with van der Waals surface area (Å²) in [6, 6.07) is 87.5. The summed E-state index contributed by atoms with van der Waals surface area (Å²) >= 11 is 0. The highest BCUT2D eigenvalue weighted by atomic mass is 14.5. The maximum atomic E-state index is 2.49. The van der Waals surface area contributed by atoms with Crippen molar-refractivity contribution in [2.24, 2.45) is 0 Å². The van der Waals surface area contributed by atoms with Gasteiger partial charge in [0.05, 0.1) is 5.41 Å². The van der Waals surface area contributed by atoms with Gasteiger partial charge in [-0.1, -0.05) is 214 Å². The van der Waals surface area contributed by atoms with E-state index in [1.54, 1.807) is 0 Å². The first-order chi connectivity index (χ1) is 33.5. The van der Waals surface area contributed by atoms with Crippen molar-refractivity contribution >= 4 is 43.1 Å². The van der Waals surface area contributed by atoms with Crippen LogP contribution < -0.4 is 0 Å². The molecule has 15 rings (SSSR count). The molecular formula is C68H44. The predicted octanol–water partition coefficient (Wildman–Crippen LogP) is 18.0. The first-order valence-corrected chi connectivity index (χ1v) is 24.1. The molecule has 0 radical (unpaired) electrons. The van der Waals surface area contributed by atoms with E-state index in [0.29, 0.717) is 0 Å². The van der Waals surface area contributed by atoms with E-state index in [2.05, 4.69) is 244 Å². The summed E-state index contributed by atoms with van der Waals surface area (Å²) in [5.74, 6) is 0. The van der Waals surface area contributed by atoms with Gasteiger partial charge in [-0.3, -0.25) is 0 Å². The molecule has 0 nitrogen and oxygen atoms in total. The molecule has 0 saturated heterocycles. The number of fused-ring (bicyclic) bond motifs is 18. The second-order valence-electron chi connectivity index (χ2n) is 19.9. The molecule has 0 amide bonds. The van der Waals surface area contributed by atoms with Crippen LogP contribution in [0.4, 0.5) is 0 Å². The lowest BCUT2D eigenvalue weighted by molar-refractivity contribution is 0.660. The van der Waals surface area contributed by atoms with Crippen molar-refractivity contribution < 1.29 is 0 Å².